The van der Waals surface area contributed by atoms with Crippen molar-refractivity contribution in [1.29, 1.82) is 0 Å². The number of nitro benzene ring substituents is 1. The van der Waals surface area contributed by atoms with Gasteiger partial charge in [-0.25, -0.2) is 0 Å². The predicted molar refractivity (Wildman–Crippen MR) is 76.9 cm³/mol. The van der Waals surface area contributed by atoms with Crippen molar-refractivity contribution >= 4 is 28.9 Å². The molecule has 2 rings (SSSR count). The molecule has 1 aromatic rings. The lowest BCUT2D eigenvalue weighted by atomic mass is 9.96. The van der Waals surface area contributed by atoms with Crippen molar-refractivity contribution in [3.05, 3.63) is 33.3 Å². The maximum absolute atomic E-state index is 11.9. The van der Waals surface area contributed by atoms with Gasteiger partial charge in [0, 0.05) is 18.6 Å². The van der Waals surface area contributed by atoms with Crippen LogP contribution in [0.2, 0.25) is 5.02 Å². The molecule has 6 nitrogen and oxygen atoms in total. The van der Waals surface area contributed by atoms with Crippen molar-refractivity contribution < 1.29 is 9.72 Å². The van der Waals surface area contributed by atoms with Crippen molar-refractivity contribution in [2.24, 2.45) is 5.92 Å². The first kappa shape index (κ1) is 14.7. The maximum Gasteiger partial charge on any atom is 0.271 e. The Bertz CT molecular complexity index is 516. The van der Waals surface area contributed by atoms with Crippen molar-refractivity contribution in [3.63, 3.8) is 0 Å². The lowest BCUT2D eigenvalue weighted by molar-refractivity contribution is -0.384. The number of halogens is 1. The summed E-state index contributed by atoms with van der Waals surface area (Å²) >= 11 is 5.94. The highest BCUT2D eigenvalue weighted by atomic mass is 35.5. The second-order valence-corrected chi connectivity index (χ2v) is 5.29. The molecule has 1 aliphatic rings. The molecule has 1 unspecified atom stereocenters. The van der Waals surface area contributed by atoms with Crippen LogP contribution in [-0.2, 0) is 4.79 Å². The number of piperidine rings is 1. The molecule has 0 saturated carbocycles. The largest absolute Gasteiger partial charge is 0.325 e. The van der Waals surface area contributed by atoms with Gasteiger partial charge >= 0.3 is 0 Å². The molecular formula is C13H16ClN3O3. The SMILES string of the molecule is O=C(CC1CCCNC1)Nc1cc([N+](=O)[O-])ccc1Cl. The van der Waals surface area contributed by atoms with E-state index in [2.05, 4.69) is 10.6 Å². The van der Waals surface area contributed by atoms with Gasteiger partial charge in [0.1, 0.15) is 0 Å². The fourth-order valence-corrected chi connectivity index (χ4v) is 2.45. The smallest absolute Gasteiger partial charge is 0.271 e. The number of anilines is 1. The summed E-state index contributed by atoms with van der Waals surface area (Å²) in [4.78, 5) is 22.1. The van der Waals surface area contributed by atoms with Gasteiger partial charge in [0.05, 0.1) is 15.6 Å². The average Bonchev–Trinajstić information content (AvgIpc) is 2.42. The number of rotatable bonds is 4. The minimum atomic E-state index is -0.517. The number of hydrogen-bond acceptors (Lipinski definition) is 4. The Balaban J connectivity index is 1.99. The van der Waals surface area contributed by atoms with E-state index in [9.17, 15) is 14.9 Å². The van der Waals surface area contributed by atoms with Gasteiger partial charge in [-0.1, -0.05) is 11.6 Å². The zero-order valence-corrected chi connectivity index (χ0v) is 11.7. The van der Waals surface area contributed by atoms with E-state index in [1.165, 1.54) is 18.2 Å². The van der Waals surface area contributed by atoms with Gasteiger partial charge < -0.3 is 10.6 Å². The first-order valence-corrected chi connectivity index (χ1v) is 6.88. The van der Waals surface area contributed by atoms with Gasteiger partial charge in [0.15, 0.2) is 0 Å². The Morgan fingerprint density at radius 1 is 1.55 bits per heavy atom. The van der Waals surface area contributed by atoms with E-state index in [4.69, 9.17) is 11.6 Å². The molecular weight excluding hydrogens is 282 g/mol. The Kier molecular flexibility index (Phi) is 4.92. The number of non-ortho nitro benzene ring substituents is 1. The third-order valence-electron chi connectivity index (χ3n) is 3.31. The van der Waals surface area contributed by atoms with Gasteiger partial charge in [-0.05, 0) is 37.9 Å². The normalized spacial score (nSPS) is 18.6. The highest BCUT2D eigenvalue weighted by molar-refractivity contribution is 6.33. The molecule has 0 aromatic heterocycles. The van der Waals surface area contributed by atoms with Crippen molar-refractivity contribution in [2.75, 3.05) is 18.4 Å². The molecule has 20 heavy (non-hydrogen) atoms. The van der Waals surface area contributed by atoms with Gasteiger partial charge in [0.25, 0.3) is 5.69 Å². The summed E-state index contributed by atoms with van der Waals surface area (Å²) in [6.45, 7) is 1.82. The number of nitrogens with one attached hydrogen (secondary N) is 2. The summed E-state index contributed by atoms with van der Waals surface area (Å²) in [6, 6.07) is 4.00. The van der Waals surface area contributed by atoms with Crippen LogP contribution in [0.5, 0.6) is 0 Å². The van der Waals surface area contributed by atoms with Crippen LogP contribution >= 0.6 is 11.6 Å². The van der Waals surface area contributed by atoms with E-state index in [0.29, 0.717) is 17.4 Å². The summed E-state index contributed by atoms with van der Waals surface area (Å²) in [5, 5.41) is 16.9. The summed E-state index contributed by atoms with van der Waals surface area (Å²) in [7, 11) is 0. The Morgan fingerprint density at radius 2 is 2.35 bits per heavy atom. The first-order valence-electron chi connectivity index (χ1n) is 6.51. The van der Waals surface area contributed by atoms with Crippen LogP contribution in [0.1, 0.15) is 19.3 Å². The Labute approximate surface area is 121 Å². The molecule has 0 bridgehead atoms. The van der Waals surface area contributed by atoms with Crippen molar-refractivity contribution in [1.82, 2.24) is 5.32 Å². The number of carbonyl (C=O) groups excluding carboxylic acids is 1. The number of nitrogens with zero attached hydrogens (tertiary/aromatic N) is 1. The highest BCUT2D eigenvalue weighted by Gasteiger charge is 2.18. The maximum atomic E-state index is 11.9. The standard InChI is InChI=1S/C13H16ClN3O3/c14-11-4-3-10(17(19)20)7-12(11)16-13(18)6-9-2-1-5-15-8-9/h3-4,7,9,15H,1-2,5-6,8H2,(H,16,18). The number of nitro groups is 1. The molecule has 1 amide bonds. The van der Waals surface area contributed by atoms with Gasteiger partial charge in [-0.15, -0.1) is 0 Å². The second kappa shape index (κ2) is 6.67. The number of benzene rings is 1. The van der Waals surface area contributed by atoms with Gasteiger partial charge in [-0.2, -0.15) is 0 Å². The van der Waals surface area contributed by atoms with Crippen LogP contribution in [0.3, 0.4) is 0 Å². The molecule has 7 heteroatoms. The summed E-state index contributed by atoms with van der Waals surface area (Å²) in [6.07, 6.45) is 2.48. The molecule has 1 saturated heterocycles. The number of hydrogen-bond donors (Lipinski definition) is 2. The minimum Gasteiger partial charge on any atom is -0.325 e. The van der Waals surface area contributed by atoms with E-state index < -0.39 is 4.92 Å². The molecule has 0 aliphatic carbocycles. The fraction of sp³-hybridized carbons (Fsp3) is 0.462. The lowest BCUT2D eigenvalue weighted by Gasteiger charge is -2.22. The molecule has 2 N–H and O–H groups in total. The second-order valence-electron chi connectivity index (χ2n) is 4.89. The predicted octanol–water partition coefficient (Wildman–Crippen LogP) is 2.58. The topological polar surface area (TPSA) is 84.3 Å². The summed E-state index contributed by atoms with van der Waals surface area (Å²) < 4.78 is 0. The monoisotopic (exact) mass is 297 g/mol. The van der Waals surface area contributed by atoms with E-state index in [-0.39, 0.29) is 17.3 Å². The zero-order chi connectivity index (χ0) is 14.5. The van der Waals surface area contributed by atoms with E-state index in [0.717, 1.165) is 25.9 Å². The Morgan fingerprint density at radius 3 is 3.00 bits per heavy atom. The Hall–Kier alpha value is -1.66. The van der Waals surface area contributed by atoms with E-state index >= 15 is 0 Å². The fourth-order valence-electron chi connectivity index (χ4n) is 2.28. The van der Waals surface area contributed by atoms with Crippen LogP contribution in [-0.4, -0.2) is 23.9 Å². The van der Waals surface area contributed by atoms with Crippen LogP contribution in [0.4, 0.5) is 11.4 Å². The van der Waals surface area contributed by atoms with E-state index in [1.54, 1.807) is 0 Å². The average molecular weight is 298 g/mol. The van der Waals surface area contributed by atoms with Gasteiger partial charge in [0.2, 0.25) is 5.91 Å². The molecule has 1 aromatic carbocycles. The number of amides is 1. The molecule has 1 atom stereocenters. The lowest BCUT2D eigenvalue weighted by Crippen LogP contribution is -2.32. The quantitative estimate of drug-likeness (QED) is 0.661. The highest BCUT2D eigenvalue weighted by Crippen LogP contribution is 2.27. The minimum absolute atomic E-state index is 0.0935. The molecule has 0 spiro atoms. The van der Waals surface area contributed by atoms with Crippen LogP contribution in [0.25, 0.3) is 0 Å². The summed E-state index contributed by atoms with van der Waals surface area (Å²) in [5.74, 6) is 0.141. The molecule has 108 valence electrons. The van der Waals surface area contributed by atoms with Crippen LogP contribution in [0, 0.1) is 16.0 Å². The third kappa shape index (κ3) is 3.91. The van der Waals surface area contributed by atoms with Crippen molar-refractivity contribution in [3.8, 4) is 0 Å². The number of carbonyl (C=O) groups is 1. The van der Waals surface area contributed by atoms with Crippen LogP contribution in [0.15, 0.2) is 18.2 Å². The molecule has 1 aliphatic heterocycles. The van der Waals surface area contributed by atoms with Crippen molar-refractivity contribution in [2.45, 2.75) is 19.3 Å². The zero-order valence-electron chi connectivity index (χ0n) is 10.9. The first-order chi connectivity index (χ1) is 9.56. The van der Waals surface area contributed by atoms with E-state index in [1.807, 2.05) is 0 Å². The summed E-state index contributed by atoms with van der Waals surface area (Å²) in [5.41, 5.74) is 0.193. The molecule has 1 heterocycles. The molecule has 1 fully saturated rings. The van der Waals surface area contributed by atoms with Crippen LogP contribution < -0.4 is 10.6 Å². The molecule has 0 radical (unpaired) electrons. The van der Waals surface area contributed by atoms with Gasteiger partial charge in [-0.3, -0.25) is 14.9 Å². The third-order valence-corrected chi connectivity index (χ3v) is 3.64.